The number of hydrogen-bond donors (Lipinski definition) is 1. The lowest BCUT2D eigenvalue weighted by Gasteiger charge is -2.14. The van der Waals surface area contributed by atoms with Crippen LogP contribution in [0.4, 0.5) is 0 Å². The van der Waals surface area contributed by atoms with Crippen LogP contribution in [0.15, 0.2) is 46.3 Å². The van der Waals surface area contributed by atoms with Crippen molar-refractivity contribution in [2.24, 2.45) is 0 Å². The first kappa shape index (κ1) is 18.3. The second kappa shape index (κ2) is 7.83. The lowest BCUT2D eigenvalue weighted by atomic mass is 10.2. The van der Waals surface area contributed by atoms with Crippen LogP contribution < -0.4 is 18.9 Å². The standard InChI is InChI=1S/C20H23NO4S/c1-12(2)25-13-6-7-16-15(8-13)19(11-21-16)26-14-9-17(22-3)20(24-5)18(10-14)23-4/h6-12,21H,1-5H3. The van der Waals surface area contributed by atoms with E-state index < -0.39 is 0 Å². The molecule has 0 amide bonds. The fourth-order valence-corrected chi connectivity index (χ4v) is 3.73. The van der Waals surface area contributed by atoms with Gasteiger partial charge in [0.1, 0.15) is 5.75 Å². The van der Waals surface area contributed by atoms with Gasteiger partial charge in [0, 0.05) is 26.9 Å². The van der Waals surface area contributed by atoms with Gasteiger partial charge < -0.3 is 23.9 Å². The Kier molecular flexibility index (Phi) is 5.52. The van der Waals surface area contributed by atoms with Gasteiger partial charge >= 0.3 is 0 Å². The number of H-pyrrole nitrogens is 1. The summed E-state index contributed by atoms with van der Waals surface area (Å²) in [5, 5.41) is 1.11. The van der Waals surface area contributed by atoms with E-state index in [2.05, 4.69) is 11.1 Å². The number of hydrogen-bond acceptors (Lipinski definition) is 5. The minimum Gasteiger partial charge on any atom is -0.493 e. The Balaban J connectivity index is 1.98. The number of rotatable bonds is 7. The summed E-state index contributed by atoms with van der Waals surface area (Å²) in [6.45, 7) is 4.04. The zero-order valence-electron chi connectivity index (χ0n) is 15.6. The Morgan fingerprint density at radius 3 is 2.19 bits per heavy atom. The first-order valence-corrected chi connectivity index (χ1v) is 9.13. The fraction of sp³-hybridized carbons (Fsp3) is 0.300. The van der Waals surface area contributed by atoms with Gasteiger partial charge in [0.25, 0.3) is 0 Å². The Morgan fingerprint density at radius 1 is 0.923 bits per heavy atom. The van der Waals surface area contributed by atoms with E-state index in [1.165, 1.54) is 0 Å². The minimum atomic E-state index is 0.137. The SMILES string of the molecule is COc1cc(Sc2c[nH]c3ccc(OC(C)C)cc23)cc(OC)c1OC. The quantitative estimate of drug-likeness (QED) is 0.622. The molecule has 0 atom stereocenters. The van der Waals surface area contributed by atoms with E-state index >= 15 is 0 Å². The molecule has 3 aromatic rings. The molecule has 0 fully saturated rings. The van der Waals surface area contributed by atoms with Crippen LogP contribution in [-0.4, -0.2) is 32.4 Å². The number of aromatic nitrogens is 1. The van der Waals surface area contributed by atoms with Crippen molar-refractivity contribution in [3.8, 4) is 23.0 Å². The van der Waals surface area contributed by atoms with Crippen molar-refractivity contribution in [1.29, 1.82) is 0 Å². The van der Waals surface area contributed by atoms with Crippen LogP contribution in [0.2, 0.25) is 0 Å². The maximum atomic E-state index is 5.82. The summed E-state index contributed by atoms with van der Waals surface area (Å²) < 4.78 is 22.1. The van der Waals surface area contributed by atoms with E-state index in [1.54, 1.807) is 33.1 Å². The normalized spacial score (nSPS) is 11.0. The van der Waals surface area contributed by atoms with Crippen LogP contribution in [0.5, 0.6) is 23.0 Å². The third-order valence-corrected chi connectivity index (χ3v) is 4.88. The molecule has 0 saturated heterocycles. The summed E-state index contributed by atoms with van der Waals surface area (Å²) in [4.78, 5) is 5.40. The fourth-order valence-electron chi connectivity index (χ4n) is 2.75. The van der Waals surface area contributed by atoms with Crippen molar-refractivity contribution in [2.45, 2.75) is 29.7 Å². The molecule has 1 N–H and O–H groups in total. The molecule has 2 aromatic carbocycles. The van der Waals surface area contributed by atoms with Gasteiger partial charge in [-0.05, 0) is 44.2 Å². The molecule has 0 aliphatic rings. The van der Waals surface area contributed by atoms with E-state index in [4.69, 9.17) is 18.9 Å². The Labute approximate surface area is 157 Å². The summed E-state index contributed by atoms with van der Waals surface area (Å²) >= 11 is 1.63. The Bertz CT molecular complexity index is 879. The Morgan fingerprint density at radius 2 is 1.62 bits per heavy atom. The van der Waals surface area contributed by atoms with Crippen LogP contribution in [0.3, 0.4) is 0 Å². The first-order valence-electron chi connectivity index (χ1n) is 8.31. The number of benzene rings is 2. The van der Waals surface area contributed by atoms with Crippen LogP contribution in [0.25, 0.3) is 10.9 Å². The van der Waals surface area contributed by atoms with Crippen LogP contribution in [0.1, 0.15) is 13.8 Å². The van der Waals surface area contributed by atoms with Gasteiger partial charge in [0.05, 0.1) is 27.4 Å². The molecule has 0 bridgehead atoms. The van der Waals surface area contributed by atoms with Gasteiger partial charge in [-0.15, -0.1) is 0 Å². The van der Waals surface area contributed by atoms with Crippen molar-refractivity contribution in [3.05, 3.63) is 36.5 Å². The molecule has 0 saturated carbocycles. The predicted molar refractivity (Wildman–Crippen MR) is 104 cm³/mol. The van der Waals surface area contributed by atoms with Gasteiger partial charge in [-0.25, -0.2) is 0 Å². The van der Waals surface area contributed by atoms with Gasteiger partial charge in [-0.1, -0.05) is 11.8 Å². The predicted octanol–water partition coefficient (Wildman–Crippen LogP) is 5.13. The van der Waals surface area contributed by atoms with Crippen molar-refractivity contribution in [1.82, 2.24) is 4.98 Å². The maximum absolute atomic E-state index is 5.82. The van der Waals surface area contributed by atoms with Crippen LogP contribution in [0, 0.1) is 0 Å². The number of nitrogens with one attached hydrogen (secondary N) is 1. The van der Waals surface area contributed by atoms with Gasteiger partial charge in [-0.3, -0.25) is 0 Å². The van der Waals surface area contributed by atoms with E-state index in [0.717, 1.165) is 26.4 Å². The lowest BCUT2D eigenvalue weighted by molar-refractivity contribution is 0.243. The summed E-state index contributed by atoms with van der Waals surface area (Å²) in [6.07, 6.45) is 2.13. The highest BCUT2D eigenvalue weighted by molar-refractivity contribution is 7.99. The van der Waals surface area contributed by atoms with Gasteiger partial charge in [-0.2, -0.15) is 0 Å². The van der Waals surface area contributed by atoms with Crippen molar-refractivity contribution < 1.29 is 18.9 Å². The molecular formula is C20H23NO4S. The van der Waals surface area contributed by atoms with Crippen molar-refractivity contribution in [3.63, 3.8) is 0 Å². The average Bonchev–Trinajstić information content (AvgIpc) is 3.02. The molecule has 138 valence electrons. The molecule has 26 heavy (non-hydrogen) atoms. The molecule has 1 aromatic heterocycles. The summed E-state index contributed by atoms with van der Waals surface area (Å²) in [5.74, 6) is 2.72. The smallest absolute Gasteiger partial charge is 0.203 e. The minimum absolute atomic E-state index is 0.137. The second-order valence-corrected chi connectivity index (χ2v) is 7.11. The molecule has 6 heteroatoms. The molecular weight excluding hydrogens is 350 g/mol. The molecule has 0 unspecified atom stereocenters. The molecule has 0 aliphatic carbocycles. The van der Waals surface area contributed by atoms with Crippen molar-refractivity contribution in [2.75, 3.05) is 21.3 Å². The highest BCUT2D eigenvalue weighted by Gasteiger charge is 2.15. The third kappa shape index (κ3) is 3.70. The van der Waals surface area contributed by atoms with Crippen LogP contribution in [-0.2, 0) is 0 Å². The lowest BCUT2D eigenvalue weighted by Crippen LogP contribution is -2.05. The summed E-state index contributed by atoms with van der Waals surface area (Å²) in [5.41, 5.74) is 1.07. The van der Waals surface area contributed by atoms with Crippen LogP contribution >= 0.6 is 11.8 Å². The summed E-state index contributed by atoms with van der Waals surface area (Å²) in [7, 11) is 4.84. The zero-order chi connectivity index (χ0) is 18.7. The molecule has 0 spiro atoms. The first-order chi connectivity index (χ1) is 12.5. The molecule has 0 aliphatic heterocycles. The highest BCUT2D eigenvalue weighted by atomic mass is 32.2. The second-order valence-electron chi connectivity index (χ2n) is 5.99. The number of fused-ring (bicyclic) bond motifs is 1. The number of methoxy groups -OCH3 is 3. The van der Waals surface area contributed by atoms with E-state index in [9.17, 15) is 0 Å². The van der Waals surface area contributed by atoms with Gasteiger partial charge in [0.2, 0.25) is 5.75 Å². The van der Waals surface area contributed by atoms with Crippen molar-refractivity contribution >= 4 is 22.7 Å². The van der Waals surface area contributed by atoms with Gasteiger partial charge in [0.15, 0.2) is 11.5 Å². The average molecular weight is 373 g/mol. The van der Waals surface area contributed by atoms with E-state index in [0.29, 0.717) is 17.2 Å². The maximum Gasteiger partial charge on any atom is 0.203 e. The van der Waals surface area contributed by atoms with E-state index in [1.807, 2.05) is 44.3 Å². The molecule has 1 heterocycles. The highest BCUT2D eigenvalue weighted by Crippen LogP contribution is 2.44. The topological polar surface area (TPSA) is 52.7 Å². The Hall–Kier alpha value is -2.47. The molecule has 5 nitrogen and oxygen atoms in total. The molecule has 0 radical (unpaired) electrons. The number of aromatic amines is 1. The summed E-state index contributed by atoms with van der Waals surface area (Å²) in [6, 6.07) is 9.96. The third-order valence-electron chi connectivity index (χ3n) is 3.85. The molecule has 3 rings (SSSR count). The van der Waals surface area contributed by atoms with E-state index in [-0.39, 0.29) is 6.10 Å². The monoisotopic (exact) mass is 373 g/mol. The largest absolute Gasteiger partial charge is 0.493 e. The number of ether oxygens (including phenoxy) is 4. The zero-order valence-corrected chi connectivity index (χ0v) is 16.4.